The average molecular weight is 429 g/mol. The van der Waals surface area contributed by atoms with Crippen LogP contribution in [0.2, 0.25) is 0 Å². The molecule has 1 aromatic rings. The van der Waals surface area contributed by atoms with Crippen LogP contribution in [0.1, 0.15) is 56.0 Å². The van der Waals surface area contributed by atoms with Gasteiger partial charge in [-0.05, 0) is 51.7 Å². The molecule has 2 amide bonds. The first kappa shape index (κ1) is 24.1. The van der Waals surface area contributed by atoms with Crippen molar-refractivity contribution in [3.05, 3.63) is 47.5 Å². The maximum atomic E-state index is 13.3. The van der Waals surface area contributed by atoms with Crippen LogP contribution in [-0.4, -0.2) is 52.8 Å². The Kier molecular flexibility index (Phi) is 7.96. The highest BCUT2D eigenvalue weighted by Gasteiger charge is 2.40. The van der Waals surface area contributed by atoms with E-state index in [4.69, 9.17) is 16.2 Å². The molecule has 31 heavy (non-hydrogen) atoms. The molecular weight excluding hydrogens is 396 g/mol. The maximum Gasteiger partial charge on any atom is 0.303 e. The number of rotatable bonds is 8. The molecule has 8 heteroatoms. The van der Waals surface area contributed by atoms with Crippen molar-refractivity contribution >= 4 is 23.6 Å². The normalized spacial score (nSPS) is 16.2. The second kappa shape index (κ2) is 10.2. The van der Waals surface area contributed by atoms with Crippen LogP contribution in [0.25, 0.3) is 0 Å². The Morgan fingerprint density at radius 3 is 2.26 bits per heavy atom. The van der Waals surface area contributed by atoms with Gasteiger partial charge in [0.15, 0.2) is 0 Å². The summed E-state index contributed by atoms with van der Waals surface area (Å²) in [4.78, 5) is 38.8. The lowest BCUT2D eigenvalue weighted by molar-refractivity contribution is -0.143. The fourth-order valence-corrected chi connectivity index (χ4v) is 3.81. The minimum absolute atomic E-state index is 0.0717. The molecule has 1 saturated heterocycles. The molecule has 0 radical (unpaired) electrons. The molecule has 2 rings (SSSR count). The Labute approximate surface area is 183 Å². The molecule has 1 atom stereocenters. The number of carbonyl (C=O) groups excluding carboxylic acids is 2. The molecule has 5 N–H and O–H groups in total. The van der Waals surface area contributed by atoms with E-state index >= 15 is 0 Å². The number of nitrogens with two attached hydrogens (primary N) is 1. The fraction of sp³-hybridized carbons (Fsp3) is 0.478. The van der Waals surface area contributed by atoms with Crippen molar-refractivity contribution in [2.75, 3.05) is 13.1 Å². The van der Waals surface area contributed by atoms with Crippen molar-refractivity contribution in [2.45, 2.75) is 46.1 Å². The minimum atomic E-state index is -0.888. The van der Waals surface area contributed by atoms with Gasteiger partial charge < -0.3 is 21.1 Å². The number of amidine groups is 1. The monoisotopic (exact) mass is 428 g/mol. The van der Waals surface area contributed by atoms with Crippen LogP contribution in [0.4, 0.5) is 0 Å². The summed E-state index contributed by atoms with van der Waals surface area (Å²) in [6, 6.07) is 5.89. The summed E-state index contributed by atoms with van der Waals surface area (Å²) in [5, 5.41) is 19.4. The van der Waals surface area contributed by atoms with E-state index in [9.17, 15) is 14.4 Å². The van der Waals surface area contributed by atoms with Crippen LogP contribution in [-0.2, 0) is 9.59 Å². The van der Waals surface area contributed by atoms with Gasteiger partial charge >= 0.3 is 5.97 Å². The number of nitrogens with one attached hydrogen (secondary N) is 2. The number of hydrogen-bond donors (Lipinski definition) is 4. The number of aliphatic carboxylic acids is 1. The summed E-state index contributed by atoms with van der Waals surface area (Å²) in [6.45, 7) is 6.48. The SMILES string of the molecule is CC=CC(NC(=O)c1ccc(C(=N)N)cc1)C(C)(C)C(=O)N1CCC(CC(=O)O)CC1. The third kappa shape index (κ3) is 6.16. The predicted molar refractivity (Wildman–Crippen MR) is 119 cm³/mol. The lowest BCUT2D eigenvalue weighted by Crippen LogP contribution is -2.54. The smallest absolute Gasteiger partial charge is 0.303 e. The van der Waals surface area contributed by atoms with Gasteiger partial charge in [0.25, 0.3) is 5.91 Å². The second-order valence-corrected chi connectivity index (χ2v) is 8.52. The molecule has 1 aliphatic rings. The van der Waals surface area contributed by atoms with Gasteiger partial charge in [-0.25, -0.2) is 0 Å². The van der Waals surface area contributed by atoms with Gasteiger partial charge in [0.2, 0.25) is 5.91 Å². The summed E-state index contributed by atoms with van der Waals surface area (Å²) < 4.78 is 0. The van der Waals surface area contributed by atoms with Gasteiger partial charge in [-0.15, -0.1) is 0 Å². The number of carboxylic acids is 1. The Morgan fingerprint density at radius 2 is 1.77 bits per heavy atom. The number of allylic oxidation sites excluding steroid dienone is 1. The standard InChI is InChI=1S/C23H32N4O4/c1-4-5-18(26-21(30)17-8-6-16(7-9-17)20(24)25)23(2,3)22(31)27-12-10-15(11-13-27)14-19(28)29/h4-9,15,18H,10-14H2,1-3H3,(H3,24,25)(H,26,30)(H,28,29). The van der Waals surface area contributed by atoms with Crippen molar-refractivity contribution in [1.29, 1.82) is 5.41 Å². The number of hydrogen-bond acceptors (Lipinski definition) is 4. The number of nitrogen functional groups attached to an aromatic ring is 1. The third-order valence-electron chi connectivity index (χ3n) is 5.82. The first-order chi connectivity index (χ1) is 14.6. The van der Waals surface area contributed by atoms with Crippen LogP contribution in [0, 0.1) is 16.7 Å². The quantitative estimate of drug-likeness (QED) is 0.286. The lowest BCUT2D eigenvalue weighted by atomic mass is 9.81. The van der Waals surface area contributed by atoms with Crippen LogP contribution < -0.4 is 11.1 Å². The zero-order chi connectivity index (χ0) is 23.2. The molecular formula is C23H32N4O4. The van der Waals surface area contributed by atoms with Gasteiger partial charge in [0.1, 0.15) is 5.84 Å². The molecule has 0 bridgehead atoms. The van der Waals surface area contributed by atoms with E-state index in [1.54, 1.807) is 41.3 Å². The predicted octanol–water partition coefficient (Wildman–Crippen LogP) is 2.38. The van der Waals surface area contributed by atoms with Crippen LogP contribution >= 0.6 is 0 Å². The second-order valence-electron chi connectivity index (χ2n) is 8.52. The lowest BCUT2D eigenvalue weighted by Gasteiger charge is -2.39. The maximum absolute atomic E-state index is 13.3. The van der Waals surface area contributed by atoms with Gasteiger partial charge in [-0.3, -0.25) is 19.8 Å². The molecule has 1 aliphatic heterocycles. The number of nitrogens with zero attached hydrogens (tertiary/aromatic N) is 1. The topological polar surface area (TPSA) is 137 Å². The molecule has 0 aliphatic carbocycles. The zero-order valence-corrected chi connectivity index (χ0v) is 18.4. The van der Waals surface area contributed by atoms with E-state index < -0.39 is 17.4 Å². The molecule has 1 heterocycles. The average Bonchev–Trinajstić information content (AvgIpc) is 2.73. The van der Waals surface area contributed by atoms with E-state index in [0.717, 1.165) is 0 Å². The Morgan fingerprint density at radius 1 is 1.23 bits per heavy atom. The molecule has 1 aromatic carbocycles. The number of piperidine rings is 1. The van der Waals surface area contributed by atoms with E-state index in [2.05, 4.69) is 5.32 Å². The summed E-state index contributed by atoms with van der Waals surface area (Å²) in [7, 11) is 0. The molecule has 8 nitrogen and oxygen atoms in total. The van der Waals surface area contributed by atoms with Crippen LogP contribution in [0.3, 0.4) is 0 Å². The molecule has 168 valence electrons. The first-order valence-corrected chi connectivity index (χ1v) is 10.5. The van der Waals surface area contributed by atoms with E-state index in [1.165, 1.54) is 0 Å². The van der Waals surface area contributed by atoms with E-state index in [1.807, 2.05) is 20.8 Å². The van der Waals surface area contributed by atoms with Gasteiger partial charge in [0, 0.05) is 30.6 Å². The highest BCUT2D eigenvalue weighted by molar-refractivity contribution is 5.98. The third-order valence-corrected chi connectivity index (χ3v) is 5.82. The molecule has 0 spiro atoms. The van der Waals surface area contributed by atoms with Crippen LogP contribution in [0.5, 0.6) is 0 Å². The van der Waals surface area contributed by atoms with Crippen molar-refractivity contribution < 1.29 is 19.5 Å². The number of amides is 2. The zero-order valence-electron chi connectivity index (χ0n) is 18.4. The summed E-state index contributed by atoms with van der Waals surface area (Å²) in [5.41, 5.74) is 5.51. The molecule has 0 saturated carbocycles. The number of likely N-dealkylation sites (tertiary alicyclic amines) is 1. The Hall–Kier alpha value is -3.16. The summed E-state index contributed by atoms with van der Waals surface area (Å²) in [6.07, 6.45) is 5.06. The molecule has 1 fully saturated rings. The van der Waals surface area contributed by atoms with Crippen molar-refractivity contribution in [2.24, 2.45) is 17.1 Å². The summed E-state index contributed by atoms with van der Waals surface area (Å²) in [5.74, 6) is -1.18. The highest BCUT2D eigenvalue weighted by Crippen LogP contribution is 2.29. The molecule has 1 unspecified atom stereocenters. The largest absolute Gasteiger partial charge is 0.481 e. The van der Waals surface area contributed by atoms with Crippen molar-refractivity contribution in [3.63, 3.8) is 0 Å². The van der Waals surface area contributed by atoms with Gasteiger partial charge in [-0.2, -0.15) is 0 Å². The van der Waals surface area contributed by atoms with Crippen LogP contribution in [0.15, 0.2) is 36.4 Å². The fourth-order valence-electron chi connectivity index (χ4n) is 3.81. The number of carboxylic acid groups (broad SMARTS) is 1. The van der Waals surface area contributed by atoms with E-state index in [0.29, 0.717) is 37.1 Å². The molecule has 0 aromatic heterocycles. The van der Waals surface area contributed by atoms with E-state index in [-0.39, 0.29) is 30.0 Å². The Bertz CT molecular complexity index is 853. The Balaban J connectivity index is 2.09. The van der Waals surface area contributed by atoms with Crippen molar-refractivity contribution in [3.8, 4) is 0 Å². The number of carbonyl (C=O) groups is 3. The summed E-state index contributed by atoms with van der Waals surface area (Å²) >= 11 is 0. The van der Waals surface area contributed by atoms with Gasteiger partial charge in [-0.1, -0.05) is 24.3 Å². The van der Waals surface area contributed by atoms with Gasteiger partial charge in [0.05, 0.1) is 11.5 Å². The van der Waals surface area contributed by atoms with Crippen molar-refractivity contribution in [1.82, 2.24) is 10.2 Å². The first-order valence-electron chi connectivity index (χ1n) is 10.5. The highest BCUT2D eigenvalue weighted by atomic mass is 16.4. The number of benzene rings is 1. The minimum Gasteiger partial charge on any atom is -0.481 e.